The van der Waals surface area contributed by atoms with Crippen LogP contribution in [0, 0.1) is 5.92 Å². The summed E-state index contributed by atoms with van der Waals surface area (Å²) >= 11 is 5.94. The SMILES string of the molecule is CCCCCCCCCNC(=O)C1CCN(S(=O)(=O)c2cccnc2Cl)CC1. The molecule has 1 N–H and O–H groups in total. The van der Waals surface area contributed by atoms with Gasteiger partial charge in [0.25, 0.3) is 0 Å². The van der Waals surface area contributed by atoms with Crippen molar-refractivity contribution in [2.45, 2.75) is 69.6 Å². The Balaban J connectivity index is 1.70. The predicted molar refractivity (Wildman–Crippen MR) is 112 cm³/mol. The van der Waals surface area contributed by atoms with Gasteiger partial charge in [-0.2, -0.15) is 4.31 Å². The summed E-state index contributed by atoms with van der Waals surface area (Å²) in [5.74, 6) is -0.0807. The molecule has 28 heavy (non-hydrogen) atoms. The largest absolute Gasteiger partial charge is 0.356 e. The highest BCUT2D eigenvalue weighted by molar-refractivity contribution is 7.89. The molecule has 1 aliphatic heterocycles. The quantitative estimate of drug-likeness (QED) is 0.426. The molecule has 1 fully saturated rings. The molecule has 0 bridgehead atoms. The summed E-state index contributed by atoms with van der Waals surface area (Å²) in [5.41, 5.74) is 0. The normalized spacial score (nSPS) is 16.2. The van der Waals surface area contributed by atoms with Crippen LogP contribution in [-0.4, -0.2) is 43.2 Å². The van der Waals surface area contributed by atoms with Gasteiger partial charge in [-0.05, 0) is 31.4 Å². The van der Waals surface area contributed by atoms with E-state index in [4.69, 9.17) is 11.6 Å². The van der Waals surface area contributed by atoms with Crippen LogP contribution in [0.5, 0.6) is 0 Å². The predicted octanol–water partition coefficient (Wildman–Crippen LogP) is 4.00. The van der Waals surface area contributed by atoms with Crippen LogP contribution in [0.2, 0.25) is 5.15 Å². The van der Waals surface area contributed by atoms with Crippen LogP contribution in [0.4, 0.5) is 0 Å². The summed E-state index contributed by atoms with van der Waals surface area (Å²) in [7, 11) is -3.67. The summed E-state index contributed by atoms with van der Waals surface area (Å²) < 4.78 is 26.8. The van der Waals surface area contributed by atoms with Crippen molar-refractivity contribution in [3.8, 4) is 0 Å². The summed E-state index contributed by atoms with van der Waals surface area (Å²) in [5, 5.41) is 2.99. The Kier molecular flexibility index (Phi) is 9.68. The Morgan fingerprint density at radius 3 is 2.46 bits per heavy atom. The maximum atomic E-state index is 12.7. The zero-order chi connectivity index (χ0) is 20.4. The standard InChI is InChI=1S/C20H32ClN3O3S/c1-2-3-4-5-6-7-8-13-23-20(25)17-11-15-24(16-12-17)28(26,27)18-10-9-14-22-19(18)21/h9-10,14,17H,2-8,11-13,15-16H2,1H3,(H,23,25). The molecule has 1 amide bonds. The molecule has 1 saturated heterocycles. The van der Waals surface area contributed by atoms with E-state index in [9.17, 15) is 13.2 Å². The topological polar surface area (TPSA) is 79.4 Å². The Labute approximate surface area is 174 Å². The fourth-order valence-electron chi connectivity index (χ4n) is 3.50. The zero-order valence-electron chi connectivity index (χ0n) is 16.7. The molecule has 0 saturated carbocycles. The van der Waals surface area contributed by atoms with Crippen molar-refractivity contribution < 1.29 is 13.2 Å². The fourth-order valence-corrected chi connectivity index (χ4v) is 5.40. The first-order chi connectivity index (χ1) is 13.5. The molecule has 158 valence electrons. The minimum Gasteiger partial charge on any atom is -0.356 e. The van der Waals surface area contributed by atoms with Gasteiger partial charge in [0.15, 0.2) is 0 Å². The monoisotopic (exact) mass is 429 g/mol. The van der Waals surface area contributed by atoms with Crippen molar-refractivity contribution in [1.29, 1.82) is 0 Å². The molecule has 0 atom stereocenters. The van der Waals surface area contributed by atoms with Crippen LogP contribution in [0.3, 0.4) is 0 Å². The molecular formula is C20H32ClN3O3S. The number of nitrogens with one attached hydrogen (secondary N) is 1. The number of sulfonamides is 1. The van der Waals surface area contributed by atoms with Crippen molar-refractivity contribution in [3.63, 3.8) is 0 Å². The highest BCUT2D eigenvalue weighted by atomic mass is 35.5. The van der Waals surface area contributed by atoms with Gasteiger partial charge in [0, 0.05) is 31.7 Å². The average Bonchev–Trinajstić information content (AvgIpc) is 2.70. The third-order valence-corrected chi connectivity index (χ3v) is 7.59. The molecule has 0 spiro atoms. The van der Waals surface area contributed by atoms with Gasteiger partial charge in [-0.15, -0.1) is 0 Å². The number of amides is 1. The number of aromatic nitrogens is 1. The summed E-state index contributed by atoms with van der Waals surface area (Å²) in [6.45, 7) is 3.56. The van der Waals surface area contributed by atoms with E-state index in [1.54, 1.807) is 6.07 Å². The Bertz CT molecular complexity index is 719. The maximum Gasteiger partial charge on any atom is 0.246 e. The van der Waals surface area contributed by atoms with Gasteiger partial charge >= 0.3 is 0 Å². The molecule has 0 aromatic carbocycles. The molecule has 8 heteroatoms. The van der Waals surface area contributed by atoms with Crippen LogP contribution in [-0.2, 0) is 14.8 Å². The van der Waals surface area contributed by atoms with Gasteiger partial charge in [-0.3, -0.25) is 4.79 Å². The molecule has 0 radical (unpaired) electrons. The van der Waals surface area contributed by atoms with Gasteiger partial charge in [0.2, 0.25) is 15.9 Å². The van der Waals surface area contributed by atoms with Gasteiger partial charge < -0.3 is 5.32 Å². The molecule has 1 aromatic heterocycles. The zero-order valence-corrected chi connectivity index (χ0v) is 18.3. The second kappa shape index (κ2) is 11.7. The van der Waals surface area contributed by atoms with E-state index in [0.717, 1.165) is 12.8 Å². The molecular weight excluding hydrogens is 398 g/mol. The number of halogens is 1. The average molecular weight is 430 g/mol. The molecule has 0 aliphatic carbocycles. The molecule has 1 aliphatic rings. The van der Waals surface area contributed by atoms with Crippen molar-refractivity contribution in [2.24, 2.45) is 5.92 Å². The van der Waals surface area contributed by atoms with Gasteiger partial charge in [0.1, 0.15) is 10.0 Å². The lowest BCUT2D eigenvalue weighted by Crippen LogP contribution is -2.43. The van der Waals surface area contributed by atoms with Crippen LogP contribution in [0.1, 0.15) is 64.7 Å². The van der Waals surface area contributed by atoms with Gasteiger partial charge in [-0.25, -0.2) is 13.4 Å². The van der Waals surface area contributed by atoms with Crippen LogP contribution >= 0.6 is 11.6 Å². The molecule has 2 heterocycles. The Morgan fingerprint density at radius 2 is 1.82 bits per heavy atom. The van der Waals surface area contributed by atoms with E-state index in [2.05, 4.69) is 17.2 Å². The van der Waals surface area contributed by atoms with E-state index in [1.165, 1.54) is 48.7 Å². The maximum absolute atomic E-state index is 12.7. The summed E-state index contributed by atoms with van der Waals surface area (Å²) in [4.78, 5) is 16.2. The van der Waals surface area contributed by atoms with Crippen LogP contribution < -0.4 is 5.32 Å². The number of unbranched alkanes of at least 4 members (excludes halogenated alkanes) is 6. The van der Waals surface area contributed by atoms with Crippen LogP contribution in [0.25, 0.3) is 0 Å². The van der Waals surface area contributed by atoms with Gasteiger partial charge in [0.05, 0.1) is 0 Å². The minimum absolute atomic E-state index is 0.0166. The van der Waals surface area contributed by atoms with Gasteiger partial charge in [-0.1, -0.05) is 57.0 Å². The highest BCUT2D eigenvalue weighted by Gasteiger charge is 2.33. The number of hydrogen-bond acceptors (Lipinski definition) is 4. The summed E-state index contributed by atoms with van der Waals surface area (Å²) in [6.07, 6.45) is 11.0. The van der Waals surface area contributed by atoms with Crippen molar-refractivity contribution in [3.05, 3.63) is 23.5 Å². The molecule has 0 unspecified atom stereocenters. The smallest absolute Gasteiger partial charge is 0.246 e. The number of nitrogens with zero attached hydrogens (tertiary/aromatic N) is 2. The Hall–Kier alpha value is -1.18. The summed E-state index contributed by atoms with van der Waals surface area (Å²) in [6, 6.07) is 3.02. The van der Waals surface area contributed by atoms with E-state index < -0.39 is 10.0 Å². The van der Waals surface area contributed by atoms with Crippen molar-refractivity contribution in [2.75, 3.05) is 19.6 Å². The number of carbonyl (C=O) groups excluding carboxylic acids is 1. The number of piperidine rings is 1. The lowest BCUT2D eigenvalue weighted by atomic mass is 9.97. The molecule has 2 rings (SSSR count). The van der Waals surface area contributed by atoms with Crippen molar-refractivity contribution in [1.82, 2.24) is 14.6 Å². The first kappa shape index (κ1) is 23.1. The number of hydrogen-bond donors (Lipinski definition) is 1. The number of pyridine rings is 1. The third kappa shape index (κ3) is 6.71. The van der Waals surface area contributed by atoms with Crippen LogP contribution in [0.15, 0.2) is 23.2 Å². The van der Waals surface area contributed by atoms with E-state index in [0.29, 0.717) is 32.5 Å². The van der Waals surface area contributed by atoms with E-state index in [1.807, 2.05) is 0 Å². The fraction of sp³-hybridized carbons (Fsp3) is 0.700. The number of rotatable bonds is 11. The highest BCUT2D eigenvalue weighted by Crippen LogP contribution is 2.27. The van der Waals surface area contributed by atoms with E-state index >= 15 is 0 Å². The Morgan fingerprint density at radius 1 is 1.18 bits per heavy atom. The first-order valence-corrected chi connectivity index (χ1v) is 12.2. The number of carbonyl (C=O) groups is 1. The minimum atomic E-state index is -3.67. The first-order valence-electron chi connectivity index (χ1n) is 10.3. The molecule has 6 nitrogen and oxygen atoms in total. The molecule has 1 aromatic rings. The van der Waals surface area contributed by atoms with Crippen molar-refractivity contribution >= 4 is 27.5 Å². The lowest BCUT2D eigenvalue weighted by molar-refractivity contribution is -0.126. The van der Waals surface area contributed by atoms with E-state index in [-0.39, 0.29) is 21.9 Å². The lowest BCUT2D eigenvalue weighted by Gasteiger charge is -2.30. The second-order valence-corrected chi connectivity index (χ2v) is 9.65. The second-order valence-electron chi connectivity index (χ2n) is 7.38. The third-order valence-electron chi connectivity index (χ3n) is 5.25.